The lowest BCUT2D eigenvalue weighted by atomic mass is 10.1. The Labute approximate surface area is 117 Å². The fourth-order valence-electron chi connectivity index (χ4n) is 2.13. The molecule has 3 N–H and O–H groups in total. The van der Waals surface area contributed by atoms with Gasteiger partial charge in [0.25, 0.3) is 0 Å². The number of aromatic nitrogens is 2. The first-order valence-electron chi connectivity index (χ1n) is 6.29. The van der Waals surface area contributed by atoms with Crippen molar-refractivity contribution in [3.8, 4) is 0 Å². The quantitative estimate of drug-likeness (QED) is 0.366. The van der Waals surface area contributed by atoms with Crippen LogP contribution in [0.4, 0.5) is 5.82 Å². The molecule has 0 radical (unpaired) electrons. The maximum absolute atomic E-state index is 8.97. The van der Waals surface area contributed by atoms with Crippen LogP contribution in [0, 0.1) is 13.8 Å². The van der Waals surface area contributed by atoms with E-state index < -0.39 is 0 Å². The molecule has 0 spiro atoms. The Morgan fingerprint density at radius 2 is 2.11 bits per heavy atom. The van der Waals surface area contributed by atoms with Crippen LogP contribution < -0.4 is 10.6 Å². The molecule has 7 heteroatoms. The van der Waals surface area contributed by atoms with Crippen LogP contribution in [0.5, 0.6) is 0 Å². The zero-order valence-electron chi connectivity index (χ0n) is 11.3. The van der Waals surface area contributed by atoms with E-state index in [2.05, 4.69) is 20.3 Å². The number of hydrogen-bond acceptors (Lipinski definition) is 6. The number of anilines is 1. The van der Waals surface area contributed by atoms with Gasteiger partial charge in [-0.25, -0.2) is 0 Å². The molecule has 1 fully saturated rings. The van der Waals surface area contributed by atoms with Gasteiger partial charge in [-0.1, -0.05) is 5.16 Å². The molecule has 1 aliphatic heterocycles. The van der Waals surface area contributed by atoms with Crippen molar-refractivity contribution in [3.05, 3.63) is 16.8 Å². The fraction of sp³-hybridized carbons (Fsp3) is 0.583. The highest BCUT2D eigenvalue weighted by atomic mass is 32.2. The molecule has 19 heavy (non-hydrogen) atoms. The third-order valence-electron chi connectivity index (χ3n) is 3.32. The summed E-state index contributed by atoms with van der Waals surface area (Å²) in [7, 11) is 0. The second-order valence-electron chi connectivity index (χ2n) is 4.55. The highest BCUT2D eigenvalue weighted by molar-refractivity contribution is 7.99. The van der Waals surface area contributed by atoms with Crippen molar-refractivity contribution < 1.29 is 5.21 Å². The standard InChI is InChI=1S/C12H19N5OS/c1-8-9(2)14-15-12(10(8)11(13)16-18)17-4-3-6-19-7-5-17/h18H,3-7H2,1-2H3,(H2,13,16). The molecule has 0 atom stereocenters. The van der Waals surface area contributed by atoms with Crippen LogP contribution in [0.15, 0.2) is 5.16 Å². The maximum Gasteiger partial charge on any atom is 0.174 e. The van der Waals surface area contributed by atoms with E-state index >= 15 is 0 Å². The third-order valence-corrected chi connectivity index (χ3v) is 4.37. The molecule has 0 amide bonds. The topological polar surface area (TPSA) is 87.6 Å². The van der Waals surface area contributed by atoms with Gasteiger partial charge in [-0.05, 0) is 31.6 Å². The van der Waals surface area contributed by atoms with Crippen molar-refractivity contribution in [2.24, 2.45) is 10.9 Å². The van der Waals surface area contributed by atoms with Crippen molar-refractivity contribution in [2.45, 2.75) is 20.3 Å². The average molecular weight is 281 g/mol. The predicted molar refractivity (Wildman–Crippen MR) is 78.2 cm³/mol. The first-order valence-corrected chi connectivity index (χ1v) is 7.45. The van der Waals surface area contributed by atoms with Crippen molar-refractivity contribution in [2.75, 3.05) is 29.5 Å². The predicted octanol–water partition coefficient (Wildman–Crippen LogP) is 1.13. The van der Waals surface area contributed by atoms with Gasteiger partial charge in [0.1, 0.15) is 0 Å². The number of nitrogens with two attached hydrogens (primary N) is 1. The van der Waals surface area contributed by atoms with E-state index in [-0.39, 0.29) is 5.84 Å². The van der Waals surface area contributed by atoms with E-state index in [9.17, 15) is 0 Å². The van der Waals surface area contributed by atoms with Crippen LogP contribution in [0.3, 0.4) is 0 Å². The fourth-order valence-corrected chi connectivity index (χ4v) is 3.02. The van der Waals surface area contributed by atoms with Crippen molar-refractivity contribution >= 4 is 23.4 Å². The summed E-state index contributed by atoms with van der Waals surface area (Å²) in [5, 5.41) is 20.5. The van der Waals surface area contributed by atoms with Crippen LogP contribution in [0.25, 0.3) is 0 Å². The van der Waals surface area contributed by atoms with Gasteiger partial charge < -0.3 is 15.8 Å². The molecule has 0 aliphatic carbocycles. The zero-order valence-corrected chi connectivity index (χ0v) is 12.1. The van der Waals surface area contributed by atoms with Gasteiger partial charge in [0, 0.05) is 18.8 Å². The number of amidine groups is 1. The molecule has 0 unspecified atom stereocenters. The van der Waals surface area contributed by atoms with Crippen molar-refractivity contribution in [3.63, 3.8) is 0 Å². The van der Waals surface area contributed by atoms with E-state index in [0.29, 0.717) is 5.56 Å². The zero-order chi connectivity index (χ0) is 13.8. The number of hydrogen-bond donors (Lipinski definition) is 2. The third kappa shape index (κ3) is 2.91. The van der Waals surface area contributed by atoms with Crippen molar-refractivity contribution in [1.29, 1.82) is 0 Å². The Kier molecular flexibility index (Phi) is 4.47. The van der Waals surface area contributed by atoms with Crippen LogP contribution in [0.2, 0.25) is 0 Å². The largest absolute Gasteiger partial charge is 0.409 e. The smallest absolute Gasteiger partial charge is 0.174 e. The van der Waals surface area contributed by atoms with Gasteiger partial charge in [-0.15, -0.1) is 5.10 Å². The van der Waals surface area contributed by atoms with E-state index in [4.69, 9.17) is 10.9 Å². The molecule has 0 saturated carbocycles. The Morgan fingerprint density at radius 1 is 1.32 bits per heavy atom. The Bertz CT molecular complexity index is 483. The molecule has 0 aromatic carbocycles. The van der Waals surface area contributed by atoms with Gasteiger partial charge >= 0.3 is 0 Å². The molecular weight excluding hydrogens is 262 g/mol. The molecular formula is C12H19N5OS. The molecule has 104 valence electrons. The minimum atomic E-state index is 0.0994. The molecule has 1 aliphatic rings. The van der Waals surface area contributed by atoms with Crippen LogP contribution >= 0.6 is 11.8 Å². The van der Waals surface area contributed by atoms with E-state index in [1.807, 2.05) is 25.6 Å². The molecule has 1 saturated heterocycles. The number of thioether (sulfide) groups is 1. The molecule has 1 aromatic rings. The summed E-state index contributed by atoms with van der Waals surface area (Å²) in [5.41, 5.74) is 8.22. The summed E-state index contributed by atoms with van der Waals surface area (Å²) in [6.45, 7) is 5.63. The van der Waals surface area contributed by atoms with E-state index in [1.54, 1.807) is 0 Å². The van der Waals surface area contributed by atoms with Gasteiger partial charge in [-0.3, -0.25) is 0 Å². The first-order chi connectivity index (χ1) is 9.15. The lowest BCUT2D eigenvalue weighted by Crippen LogP contribution is -2.31. The number of nitrogens with zero attached hydrogens (tertiary/aromatic N) is 4. The first kappa shape index (κ1) is 13.9. The highest BCUT2D eigenvalue weighted by Crippen LogP contribution is 2.24. The Balaban J connectivity index is 2.46. The summed E-state index contributed by atoms with van der Waals surface area (Å²) in [6.07, 6.45) is 1.11. The highest BCUT2D eigenvalue weighted by Gasteiger charge is 2.21. The lowest BCUT2D eigenvalue weighted by molar-refractivity contribution is 0.318. The molecule has 2 rings (SSSR count). The second kappa shape index (κ2) is 6.10. The lowest BCUT2D eigenvalue weighted by Gasteiger charge is -2.24. The van der Waals surface area contributed by atoms with Gasteiger partial charge in [0.15, 0.2) is 11.7 Å². The monoisotopic (exact) mass is 281 g/mol. The van der Waals surface area contributed by atoms with Crippen molar-refractivity contribution in [1.82, 2.24) is 10.2 Å². The summed E-state index contributed by atoms with van der Waals surface area (Å²) < 4.78 is 0. The minimum Gasteiger partial charge on any atom is -0.409 e. The van der Waals surface area contributed by atoms with Gasteiger partial charge in [-0.2, -0.15) is 16.9 Å². The minimum absolute atomic E-state index is 0.0994. The maximum atomic E-state index is 8.97. The molecule has 1 aromatic heterocycles. The van der Waals surface area contributed by atoms with E-state index in [1.165, 1.54) is 0 Å². The summed E-state index contributed by atoms with van der Waals surface area (Å²) >= 11 is 1.94. The molecule has 6 nitrogen and oxygen atoms in total. The van der Waals surface area contributed by atoms with Gasteiger partial charge in [0.05, 0.1) is 11.3 Å². The summed E-state index contributed by atoms with van der Waals surface area (Å²) in [6, 6.07) is 0. The molecule has 2 heterocycles. The van der Waals surface area contributed by atoms with E-state index in [0.717, 1.165) is 48.1 Å². The number of rotatable bonds is 2. The number of oxime groups is 1. The number of aryl methyl sites for hydroxylation is 1. The Hall–Kier alpha value is -1.50. The van der Waals surface area contributed by atoms with Crippen LogP contribution in [-0.4, -0.2) is 45.8 Å². The summed E-state index contributed by atoms with van der Waals surface area (Å²) in [4.78, 5) is 2.17. The van der Waals surface area contributed by atoms with Gasteiger partial charge in [0.2, 0.25) is 0 Å². The van der Waals surface area contributed by atoms with Crippen LogP contribution in [-0.2, 0) is 0 Å². The average Bonchev–Trinajstić information content (AvgIpc) is 2.69. The summed E-state index contributed by atoms with van der Waals surface area (Å²) in [5.74, 6) is 3.04. The SMILES string of the molecule is Cc1nnc(N2CCCSCC2)c(C(N)=NO)c1C. The normalized spacial score (nSPS) is 17.4. The molecule has 0 bridgehead atoms. The Morgan fingerprint density at radius 3 is 2.84 bits per heavy atom. The second-order valence-corrected chi connectivity index (χ2v) is 5.77. The van der Waals surface area contributed by atoms with Crippen LogP contribution in [0.1, 0.15) is 23.2 Å².